The van der Waals surface area contributed by atoms with Crippen LogP contribution in [0, 0.1) is 0 Å². The van der Waals surface area contributed by atoms with Gasteiger partial charge in [0, 0.05) is 12.2 Å². The van der Waals surface area contributed by atoms with Crippen molar-refractivity contribution < 1.29 is 14.6 Å². The summed E-state index contributed by atoms with van der Waals surface area (Å²) in [6.45, 7) is 4.07. The summed E-state index contributed by atoms with van der Waals surface area (Å²) in [7, 11) is 0. The Hall–Kier alpha value is -1.75. The van der Waals surface area contributed by atoms with Gasteiger partial charge in [-0.25, -0.2) is 0 Å². The van der Waals surface area contributed by atoms with Gasteiger partial charge in [0.15, 0.2) is 0 Å². The van der Waals surface area contributed by atoms with Gasteiger partial charge in [0.1, 0.15) is 11.3 Å². The van der Waals surface area contributed by atoms with Crippen molar-refractivity contribution in [3.63, 3.8) is 0 Å². The summed E-state index contributed by atoms with van der Waals surface area (Å²) in [5.74, 6) is 0.114. The standard InChI is InChI=1S/C12H18N2O3/c1-3-17-10-6-4-5-9(13)11(10)12(16)14-7-8(2)15/h4-6,8,15H,3,7,13H2,1-2H3,(H,14,16)/t8-/m1/s1. The first kappa shape index (κ1) is 13.3. The summed E-state index contributed by atoms with van der Waals surface area (Å²) in [6.07, 6.45) is -0.598. The molecule has 0 aromatic heterocycles. The third-order valence-electron chi connectivity index (χ3n) is 2.14. The first-order valence-corrected chi connectivity index (χ1v) is 5.53. The molecule has 17 heavy (non-hydrogen) atoms. The lowest BCUT2D eigenvalue weighted by Gasteiger charge is -2.13. The van der Waals surface area contributed by atoms with E-state index >= 15 is 0 Å². The number of carbonyl (C=O) groups excluding carboxylic acids is 1. The highest BCUT2D eigenvalue weighted by molar-refractivity contribution is 6.01. The van der Waals surface area contributed by atoms with E-state index in [2.05, 4.69) is 5.32 Å². The number of anilines is 1. The molecule has 1 amide bonds. The SMILES string of the molecule is CCOc1cccc(N)c1C(=O)NC[C@@H](C)O. The number of nitrogen functional groups attached to an aromatic ring is 1. The Balaban J connectivity index is 2.90. The Labute approximate surface area is 101 Å². The summed E-state index contributed by atoms with van der Waals surface area (Å²) in [5, 5.41) is 11.7. The van der Waals surface area contributed by atoms with Crippen molar-refractivity contribution in [1.82, 2.24) is 5.32 Å². The van der Waals surface area contributed by atoms with Crippen molar-refractivity contribution >= 4 is 11.6 Å². The van der Waals surface area contributed by atoms with Gasteiger partial charge < -0.3 is 20.9 Å². The Morgan fingerprint density at radius 1 is 1.59 bits per heavy atom. The largest absolute Gasteiger partial charge is 0.493 e. The lowest BCUT2D eigenvalue weighted by molar-refractivity contribution is 0.0921. The number of hydrogen-bond acceptors (Lipinski definition) is 4. The number of benzene rings is 1. The molecule has 5 heteroatoms. The molecule has 1 atom stereocenters. The minimum atomic E-state index is -0.598. The molecular formula is C12H18N2O3. The van der Waals surface area contributed by atoms with Crippen LogP contribution in [0.5, 0.6) is 5.75 Å². The molecule has 0 radical (unpaired) electrons. The van der Waals surface area contributed by atoms with E-state index in [0.29, 0.717) is 23.6 Å². The summed E-state index contributed by atoms with van der Waals surface area (Å²) >= 11 is 0. The van der Waals surface area contributed by atoms with Crippen LogP contribution in [0.4, 0.5) is 5.69 Å². The van der Waals surface area contributed by atoms with Gasteiger partial charge in [0.25, 0.3) is 5.91 Å². The van der Waals surface area contributed by atoms with Gasteiger partial charge in [-0.05, 0) is 26.0 Å². The van der Waals surface area contributed by atoms with E-state index in [9.17, 15) is 4.79 Å². The molecule has 0 aliphatic heterocycles. The van der Waals surface area contributed by atoms with Crippen LogP contribution in [0.15, 0.2) is 18.2 Å². The molecule has 4 N–H and O–H groups in total. The predicted octanol–water partition coefficient (Wildman–Crippen LogP) is 0.778. The van der Waals surface area contributed by atoms with E-state index in [1.807, 2.05) is 6.92 Å². The lowest BCUT2D eigenvalue weighted by atomic mass is 10.1. The van der Waals surface area contributed by atoms with Gasteiger partial charge in [-0.2, -0.15) is 0 Å². The van der Waals surface area contributed by atoms with Crippen LogP contribution in [0.3, 0.4) is 0 Å². The Morgan fingerprint density at radius 2 is 2.29 bits per heavy atom. The third-order valence-corrected chi connectivity index (χ3v) is 2.14. The number of hydrogen-bond donors (Lipinski definition) is 3. The number of ether oxygens (including phenoxy) is 1. The highest BCUT2D eigenvalue weighted by Crippen LogP contribution is 2.24. The fraction of sp³-hybridized carbons (Fsp3) is 0.417. The van der Waals surface area contributed by atoms with Crippen LogP contribution < -0.4 is 15.8 Å². The molecule has 0 spiro atoms. The van der Waals surface area contributed by atoms with Gasteiger partial charge in [-0.1, -0.05) is 6.07 Å². The molecule has 0 aliphatic carbocycles. The Kier molecular flexibility index (Phi) is 4.78. The summed E-state index contributed by atoms with van der Waals surface area (Å²) in [5.41, 5.74) is 6.43. The molecule has 0 fully saturated rings. The molecule has 1 aromatic carbocycles. The van der Waals surface area contributed by atoms with Gasteiger partial charge in [-0.15, -0.1) is 0 Å². The molecule has 0 bridgehead atoms. The predicted molar refractivity (Wildman–Crippen MR) is 66.0 cm³/mol. The quantitative estimate of drug-likeness (QED) is 0.662. The Bertz CT molecular complexity index is 391. The van der Waals surface area contributed by atoms with Crippen molar-refractivity contribution in [3.05, 3.63) is 23.8 Å². The zero-order valence-corrected chi connectivity index (χ0v) is 10.1. The molecule has 0 heterocycles. The average Bonchev–Trinajstić information content (AvgIpc) is 2.26. The van der Waals surface area contributed by atoms with Crippen molar-refractivity contribution in [1.29, 1.82) is 0 Å². The molecule has 1 rings (SSSR count). The third kappa shape index (κ3) is 3.64. The lowest BCUT2D eigenvalue weighted by Crippen LogP contribution is -2.31. The smallest absolute Gasteiger partial charge is 0.257 e. The molecule has 94 valence electrons. The second-order valence-electron chi connectivity index (χ2n) is 3.71. The molecule has 0 aliphatic rings. The van der Waals surface area contributed by atoms with Crippen molar-refractivity contribution in [2.45, 2.75) is 20.0 Å². The average molecular weight is 238 g/mol. The summed E-state index contributed by atoms with van der Waals surface area (Å²) < 4.78 is 5.34. The first-order valence-electron chi connectivity index (χ1n) is 5.53. The number of rotatable bonds is 5. The van der Waals surface area contributed by atoms with Crippen LogP contribution in [0.25, 0.3) is 0 Å². The van der Waals surface area contributed by atoms with Crippen LogP contribution in [0.1, 0.15) is 24.2 Å². The van der Waals surface area contributed by atoms with Crippen molar-refractivity contribution in [2.24, 2.45) is 0 Å². The zero-order chi connectivity index (χ0) is 12.8. The fourth-order valence-corrected chi connectivity index (χ4v) is 1.40. The van der Waals surface area contributed by atoms with Gasteiger partial charge in [0.2, 0.25) is 0 Å². The van der Waals surface area contributed by atoms with Gasteiger partial charge in [-0.3, -0.25) is 4.79 Å². The second-order valence-corrected chi connectivity index (χ2v) is 3.71. The van der Waals surface area contributed by atoms with Crippen LogP contribution >= 0.6 is 0 Å². The molecule has 0 saturated carbocycles. The fourth-order valence-electron chi connectivity index (χ4n) is 1.40. The second kappa shape index (κ2) is 6.10. The first-order chi connectivity index (χ1) is 8.06. The maximum absolute atomic E-state index is 11.9. The van der Waals surface area contributed by atoms with Crippen LogP contribution in [0.2, 0.25) is 0 Å². The maximum Gasteiger partial charge on any atom is 0.257 e. The molecule has 0 unspecified atom stereocenters. The van der Waals surface area contributed by atoms with Gasteiger partial charge in [0.05, 0.1) is 12.7 Å². The topological polar surface area (TPSA) is 84.6 Å². The molecule has 5 nitrogen and oxygen atoms in total. The minimum absolute atomic E-state index is 0.179. The molecular weight excluding hydrogens is 220 g/mol. The van der Waals surface area contributed by atoms with E-state index in [0.717, 1.165) is 0 Å². The van der Waals surface area contributed by atoms with E-state index < -0.39 is 6.10 Å². The van der Waals surface area contributed by atoms with E-state index in [-0.39, 0.29) is 12.5 Å². The Morgan fingerprint density at radius 3 is 2.88 bits per heavy atom. The van der Waals surface area contributed by atoms with Crippen LogP contribution in [-0.4, -0.2) is 30.3 Å². The van der Waals surface area contributed by atoms with E-state index in [1.165, 1.54) is 0 Å². The highest BCUT2D eigenvalue weighted by atomic mass is 16.5. The van der Waals surface area contributed by atoms with E-state index in [4.69, 9.17) is 15.6 Å². The zero-order valence-electron chi connectivity index (χ0n) is 10.1. The van der Waals surface area contributed by atoms with Crippen molar-refractivity contribution in [2.75, 3.05) is 18.9 Å². The molecule has 0 saturated heterocycles. The number of carbonyl (C=O) groups is 1. The monoisotopic (exact) mass is 238 g/mol. The number of amides is 1. The van der Waals surface area contributed by atoms with E-state index in [1.54, 1.807) is 25.1 Å². The number of aliphatic hydroxyl groups excluding tert-OH is 1. The van der Waals surface area contributed by atoms with Crippen LogP contribution in [-0.2, 0) is 0 Å². The normalized spacial score (nSPS) is 11.9. The number of nitrogens with one attached hydrogen (secondary N) is 1. The summed E-state index contributed by atoms with van der Waals surface area (Å²) in [6, 6.07) is 5.06. The highest BCUT2D eigenvalue weighted by Gasteiger charge is 2.15. The number of aliphatic hydroxyl groups is 1. The molecule has 1 aromatic rings. The van der Waals surface area contributed by atoms with Gasteiger partial charge >= 0.3 is 0 Å². The van der Waals surface area contributed by atoms with Crippen molar-refractivity contribution in [3.8, 4) is 5.75 Å². The minimum Gasteiger partial charge on any atom is -0.493 e. The summed E-state index contributed by atoms with van der Waals surface area (Å²) in [4.78, 5) is 11.9. The number of nitrogens with two attached hydrogens (primary N) is 1. The maximum atomic E-state index is 11.9.